The van der Waals surface area contributed by atoms with Crippen molar-refractivity contribution in [2.45, 2.75) is 6.18 Å². The topological polar surface area (TPSA) is 27.7 Å². The molecule has 0 saturated carbocycles. The first kappa shape index (κ1) is 12.6. The van der Waals surface area contributed by atoms with Crippen LogP contribution >= 0.6 is 0 Å². The molecule has 0 aliphatic rings. The molecule has 7 heteroatoms. The third kappa shape index (κ3) is 4.41. The smallest absolute Gasteiger partial charge is 0.374 e. The molecule has 0 aromatic rings. The fourth-order valence-electron chi connectivity index (χ4n) is 0.651. The van der Waals surface area contributed by atoms with E-state index in [-0.39, 0.29) is 6.08 Å². The molecule has 13 heavy (non-hydrogen) atoms. The van der Waals surface area contributed by atoms with Crippen molar-refractivity contribution in [1.82, 2.24) is 0 Å². The summed E-state index contributed by atoms with van der Waals surface area (Å²) in [6.45, 7) is 0. The number of hydrogen-bond donors (Lipinski definition) is 0. The van der Waals surface area contributed by atoms with Crippen molar-refractivity contribution in [2.75, 3.05) is 21.3 Å². The van der Waals surface area contributed by atoms with E-state index in [1.165, 1.54) is 21.3 Å². The number of hydrogen-bond acceptors (Lipinski definition) is 3. The van der Waals surface area contributed by atoms with Gasteiger partial charge in [-0.3, -0.25) is 0 Å². The van der Waals surface area contributed by atoms with Crippen molar-refractivity contribution >= 4 is 8.80 Å². The lowest BCUT2D eigenvalue weighted by Gasteiger charge is -2.20. The molecule has 0 fully saturated rings. The molecule has 0 bridgehead atoms. The van der Waals surface area contributed by atoms with E-state index >= 15 is 0 Å². The largest absolute Gasteiger partial charge is 0.528 e. The summed E-state index contributed by atoms with van der Waals surface area (Å²) >= 11 is 0. The van der Waals surface area contributed by atoms with Crippen molar-refractivity contribution in [1.29, 1.82) is 0 Å². The SMILES string of the molecule is CO[Si](C=CC(F)(F)F)(OC)OC. The first-order valence-electron chi connectivity index (χ1n) is 3.31. The van der Waals surface area contributed by atoms with Crippen LogP contribution in [-0.2, 0) is 13.3 Å². The summed E-state index contributed by atoms with van der Waals surface area (Å²) in [5.41, 5.74) is 0.785. The van der Waals surface area contributed by atoms with Gasteiger partial charge in [0, 0.05) is 27.4 Å². The molecule has 0 aromatic heterocycles. The zero-order valence-electron chi connectivity index (χ0n) is 7.51. The van der Waals surface area contributed by atoms with Crippen LogP contribution in [0.4, 0.5) is 13.2 Å². The summed E-state index contributed by atoms with van der Waals surface area (Å²) < 4.78 is 49.5. The lowest BCUT2D eigenvalue weighted by Crippen LogP contribution is -2.41. The molecule has 0 N–H and O–H groups in total. The maximum absolute atomic E-state index is 11.8. The van der Waals surface area contributed by atoms with Crippen LogP contribution in [0.5, 0.6) is 0 Å². The molecule has 0 saturated heterocycles. The Morgan fingerprint density at radius 2 is 1.38 bits per heavy atom. The second kappa shape index (κ2) is 4.75. The van der Waals surface area contributed by atoms with E-state index in [1.54, 1.807) is 0 Å². The Hall–Kier alpha value is -0.373. The number of rotatable bonds is 4. The minimum atomic E-state index is -4.38. The first-order chi connectivity index (χ1) is 5.89. The summed E-state index contributed by atoms with van der Waals surface area (Å²) in [6.07, 6.45) is -4.33. The van der Waals surface area contributed by atoms with Crippen molar-refractivity contribution in [3.05, 3.63) is 11.8 Å². The van der Waals surface area contributed by atoms with E-state index in [0.29, 0.717) is 0 Å². The van der Waals surface area contributed by atoms with Crippen molar-refractivity contribution in [2.24, 2.45) is 0 Å². The van der Waals surface area contributed by atoms with Crippen LogP contribution in [0, 0.1) is 0 Å². The molecule has 3 nitrogen and oxygen atoms in total. The van der Waals surface area contributed by atoms with E-state index in [0.717, 1.165) is 5.70 Å². The summed E-state index contributed by atoms with van der Waals surface area (Å²) in [5, 5.41) is 0. The van der Waals surface area contributed by atoms with Gasteiger partial charge in [-0.15, -0.1) is 0 Å². The highest BCUT2D eigenvalue weighted by Gasteiger charge is 2.37. The van der Waals surface area contributed by atoms with Crippen LogP contribution < -0.4 is 0 Å². The third-order valence-corrected chi connectivity index (χ3v) is 3.61. The van der Waals surface area contributed by atoms with Crippen LogP contribution in [0.1, 0.15) is 0 Å². The Bertz CT molecular complexity index is 168. The fourth-order valence-corrected chi connectivity index (χ4v) is 1.95. The predicted molar refractivity (Wildman–Crippen MR) is 42.0 cm³/mol. The molecule has 0 radical (unpaired) electrons. The van der Waals surface area contributed by atoms with Gasteiger partial charge in [0.15, 0.2) is 0 Å². The molecule has 0 heterocycles. The van der Waals surface area contributed by atoms with Gasteiger partial charge < -0.3 is 13.3 Å². The lowest BCUT2D eigenvalue weighted by molar-refractivity contribution is -0.0801. The number of alkyl halides is 3. The minimum Gasteiger partial charge on any atom is -0.374 e. The van der Waals surface area contributed by atoms with Gasteiger partial charge in [0.05, 0.1) is 0 Å². The average molecular weight is 216 g/mol. The van der Waals surface area contributed by atoms with E-state index < -0.39 is 15.0 Å². The first-order valence-corrected chi connectivity index (χ1v) is 5.12. The van der Waals surface area contributed by atoms with Gasteiger partial charge in [-0.05, 0) is 5.70 Å². The van der Waals surface area contributed by atoms with Crippen LogP contribution in [0.15, 0.2) is 11.8 Å². The monoisotopic (exact) mass is 216 g/mol. The van der Waals surface area contributed by atoms with Crippen molar-refractivity contribution < 1.29 is 26.4 Å². The molecular weight excluding hydrogens is 205 g/mol. The Morgan fingerprint density at radius 1 is 1.00 bits per heavy atom. The van der Waals surface area contributed by atoms with Gasteiger partial charge in [0.2, 0.25) is 0 Å². The zero-order valence-corrected chi connectivity index (χ0v) is 8.51. The van der Waals surface area contributed by atoms with Crippen LogP contribution in [-0.4, -0.2) is 36.3 Å². The Kier molecular flexibility index (Phi) is 4.61. The van der Waals surface area contributed by atoms with E-state index in [4.69, 9.17) is 13.3 Å². The normalized spacial score (nSPS) is 14.0. The summed E-state index contributed by atoms with van der Waals surface area (Å²) in [4.78, 5) is 0. The maximum atomic E-state index is 11.8. The quantitative estimate of drug-likeness (QED) is 0.667. The van der Waals surface area contributed by atoms with Crippen LogP contribution in [0.25, 0.3) is 0 Å². The van der Waals surface area contributed by atoms with E-state index in [1.807, 2.05) is 0 Å². The number of halogens is 3. The number of allylic oxidation sites excluding steroid dienone is 1. The molecule has 0 unspecified atom stereocenters. The van der Waals surface area contributed by atoms with E-state index in [9.17, 15) is 13.2 Å². The molecule has 78 valence electrons. The third-order valence-electron chi connectivity index (χ3n) is 1.33. The van der Waals surface area contributed by atoms with Gasteiger partial charge in [-0.1, -0.05) is 0 Å². The fraction of sp³-hybridized carbons (Fsp3) is 0.667. The summed E-state index contributed by atoms with van der Waals surface area (Å²) in [6, 6.07) is 0. The minimum absolute atomic E-state index is 0.0513. The highest BCUT2D eigenvalue weighted by Crippen LogP contribution is 2.18. The molecule has 0 rings (SSSR count). The highest BCUT2D eigenvalue weighted by molar-refractivity contribution is 6.66. The van der Waals surface area contributed by atoms with Crippen molar-refractivity contribution in [3.8, 4) is 0 Å². The van der Waals surface area contributed by atoms with Crippen LogP contribution in [0.2, 0.25) is 0 Å². The van der Waals surface area contributed by atoms with Crippen LogP contribution in [0.3, 0.4) is 0 Å². The molecule has 0 spiro atoms. The Morgan fingerprint density at radius 3 is 1.62 bits per heavy atom. The average Bonchev–Trinajstić information content (AvgIpc) is 2.06. The molecule has 0 amide bonds. The zero-order chi connectivity index (χ0) is 10.5. The summed E-state index contributed by atoms with van der Waals surface area (Å²) in [5.74, 6) is 0. The van der Waals surface area contributed by atoms with Crippen molar-refractivity contribution in [3.63, 3.8) is 0 Å². The highest BCUT2D eigenvalue weighted by atomic mass is 28.4. The van der Waals surface area contributed by atoms with E-state index in [2.05, 4.69) is 0 Å². The van der Waals surface area contributed by atoms with Gasteiger partial charge >= 0.3 is 15.0 Å². The second-order valence-corrected chi connectivity index (χ2v) is 4.86. The van der Waals surface area contributed by atoms with Gasteiger partial charge in [-0.2, -0.15) is 13.2 Å². The van der Waals surface area contributed by atoms with Gasteiger partial charge in [0.1, 0.15) is 0 Å². The summed E-state index contributed by atoms with van der Waals surface area (Å²) in [7, 11) is 0.480. The molecular formula is C6H11F3O3Si. The molecule has 0 aromatic carbocycles. The second-order valence-electron chi connectivity index (χ2n) is 2.09. The molecule has 0 aliphatic carbocycles. The Balaban J connectivity index is 4.51. The lowest BCUT2D eigenvalue weighted by atomic mass is 10.6. The standard InChI is InChI=1S/C6H11F3O3Si/c1-10-13(11-2,12-3)5-4-6(7,8)9/h4-5H,1-3H3. The van der Waals surface area contributed by atoms with Gasteiger partial charge in [-0.25, -0.2) is 0 Å². The molecule has 0 atom stereocenters. The Labute approximate surface area is 75.5 Å². The van der Waals surface area contributed by atoms with Gasteiger partial charge in [0.25, 0.3) is 0 Å². The predicted octanol–water partition coefficient (Wildman–Crippen LogP) is 1.52. The maximum Gasteiger partial charge on any atom is 0.528 e. The molecule has 0 aliphatic heterocycles.